The van der Waals surface area contributed by atoms with Gasteiger partial charge in [0.2, 0.25) is 12.1 Å². The number of anilines is 1. The van der Waals surface area contributed by atoms with Gasteiger partial charge in [-0.25, -0.2) is 8.42 Å². The Balaban J connectivity index is 2.19. The number of nitrogens with one attached hydrogen (secondary N) is 1. The normalized spacial score (nSPS) is 22.5. The van der Waals surface area contributed by atoms with Gasteiger partial charge in [0.05, 0.1) is 11.5 Å². The van der Waals surface area contributed by atoms with Crippen LogP contribution in [-0.4, -0.2) is 40.4 Å². The quantitative estimate of drug-likeness (QED) is 0.602. The van der Waals surface area contributed by atoms with Gasteiger partial charge in [0.15, 0.2) is 9.84 Å². The standard InChI is InChI=1S/C8H12N4O4S/c1-11-5-9-7(12(13)14)8(11)10-6-2-3-17(15,16)4-6/h5-6,10H,2-4H2,1H3. The van der Waals surface area contributed by atoms with Gasteiger partial charge in [0.1, 0.15) is 0 Å². The number of rotatable bonds is 3. The molecular formula is C8H12N4O4S. The molecule has 1 aromatic heterocycles. The third-order valence-electron chi connectivity index (χ3n) is 2.66. The second-order valence-corrected chi connectivity index (χ2v) is 6.26. The van der Waals surface area contributed by atoms with Crippen molar-refractivity contribution < 1.29 is 13.3 Å². The molecule has 0 aromatic carbocycles. The van der Waals surface area contributed by atoms with E-state index in [4.69, 9.17) is 0 Å². The fourth-order valence-electron chi connectivity index (χ4n) is 1.82. The minimum Gasteiger partial charge on any atom is -0.361 e. The molecule has 0 spiro atoms. The SMILES string of the molecule is Cn1cnc([N+](=O)[O-])c1NC1CCS(=O)(=O)C1. The molecule has 1 unspecified atom stereocenters. The fourth-order valence-corrected chi connectivity index (χ4v) is 3.49. The van der Waals surface area contributed by atoms with Gasteiger partial charge < -0.3 is 15.4 Å². The van der Waals surface area contributed by atoms with Gasteiger partial charge in [-0.05, 0) is 16.3 Å². The summed E-state index contributed by atoms with van der Waals surface area (Å²) in [6.07, 6.45) is 1.79. The van der Waals surface area contributed by atoms with Crippen molar-refractivity contribution in [3.05, 3.63) is 16.4 Å². The maximum Gasteiger partial charge on any atom is 0.406 e. The number of aryl methyl sites for hydroxylation is 1. The smallest absolute Gasteiger partial charge is 0.361 e. The van der Waals surface area contributed by atoms with Crippen LogP contribution in [0.15, 0.2) is 6.33 Å². The van der Waals surface area contributed by atoms with Crippen molar-refractivity contribution >= 4 is 21.5 Å². The molecule has 0 aliphatic carbocycles. The summed E-state index contributed by atoms with van der Waals surface area (Å²) in [7, 11) is -1.39. The van der Waals surface area contributed by atoms with Gasteiger partial charge in [-0.2, -0.15) is 0 Å². The van der Waals surface area contributed by atoms with Crippen molar-refractivity contribution in [1.82, 2.24) is 9.55 Å². The molecule has 1 atom stereocenters. The number of nitro groups is 1. The van der Waals surface area contributed by atoms with Crippen molar-refractivity contribution in [2.75, 3.05) is 16.8 Å². The van der Waals surface area contributed by atoms with Crippen LogP contribution in [0.4, 0.5) is 11.6 Å². The lowest BCUT2D eigenvalue weighted by molar-refractivity contribution is -0.388. The van der Waals surface area contributed by atoms with Crippen LogP contribution in [0, 0.1) is 10.1 Å². The Kier molecular flexibility index (Phi) is 2.77. The number of hydrogen-bond acceptors (Lipinski definition) is 6. The minimum atomic E-state index is -3.01. The Bertz CT molecular complexity index is 550. The Hall–Kier alpha value is -1.64. The minimum absolute atomic E-state index is 0.00926. The monoisotopic (exact) mass is 260 g/mol. The van der Waals surface area contributed by atoms with Gasteiger partial charge in [-0.15, -0.1) is 0 Å². The van der Waals surface area contributed by atoms with E-state index in [0.29, 0.717) is 6.42 Å². The molecule has 0 amide bonds. The Morgan fingerprint density at radius 3 is 2.88 bits per heavy atom. The van der Waals surface area contributed by atoms with Crippen molar-refractivity contribution in [3.63, 3.8) is 0 Å². The fraction of sp³-hybridized carbons (Fsp3) is 0.625. The van der Waals surface area contributed by atoms with Gasteiger partial charge in [-0.3, -0.25) is 4.57 Å². The average molecular weight is 260 g/mol. The van der Waals surface area contributed by atoms with Crippen LogP contribution in [-0.2, 0) is 16.9 Å². The summed E-state index contributed by atoms with van der Waals surface area (Å²) in [6.45, 7) is 0. The first-order chi connectivity index (χ1) is 7.89. The van der Waals surface area contributed by atoms with E-state index < -0.39 is 14.8 Å². The maximum absolute atomic E-state index is 11.3. The first kappa shape index (κ1) is 11.8. The van der Waals surface area contributed by atoms with Gasteiger partial charge in [0, 0.05) is 13.1 Å². The number of imidazole rings is 1. The molecule has 2 rings (SSSR count). The van der Waals surface area contributed by atoms with Crippen LogP contribution in [0.5, 0.6) is 0 Å². The summed E-state index contributed by atoms with van der Waals surface area (Å²) >= 11 is 0. The largest absolute Gasteiger partial charge is 0.406 e. The molecular weight excluding hydrogens is 248 g/mol. The molecule has 1 aromatic rings. The van der Waals surface area contributed by atoms with Crippen LogP contribution in [0.1, 0.15) is 6.42 Å². The van der Waals surface area contributed by atoms with Gasteiger partial charge >= 0.3 is 5.82 Å². The summed E-state index contributed by atoms with van der Waals surface area (Å²) in [6, 6.07) is -0.283. The van der Waals surface area contributed by atoms with E-state index in [2.05, 4.69) is 10.3 Å². The molecule has 1 fully saturated rings. The number of hydrogen-bond donors (Lipinski definition) is 1. The zero-order valence-corrected chi connectivity index (χ0v) is 9.98. The van der Waals surface area contributed by atoms with Crippen molar-refractivity contribution in [2.24, 2.45) is 7.05 Å². The third-order valence-corrected chi connectivity index (χ3v) is 4.43. The number of aromatic nitrogens is 2. The summed E-state index contributed by atoms with van der Waals surface area (Å²) in [5.41, 5.74) is 0. The summed E-state index contributed by atoms with van der Waals surface area (Å²) in [5.74, 6) is 0.0972. The molecule has 17 heavy (non-hydrogen) atoms. The molecule has 0 bridgehead atoms. The predicted molar refractivity (Wildman–Crippen MR) is 60.5 cm³/mol. The summed E-state index contributed by atoms with van der Waals surface area (Å²) in [4.78, 5) is 13.8. The first-order valence-electron chi connectivity index (χ1n) is 5.02. The Morgan fingerprint density at radius 2 is 2.35 bits per heavy atom. The zero-order chi connectivity index (χ0) is 12.6. The van der Waals surface area contributed by atoms with Crippen molar-refractivity contribution in [3.8, 4) is 0 Å². The van der Waals surface area contributed by atoms with E-state index in [1.807, 2.05) is 0 Å². The molecule has 0 saturated carbocycles. The Labute approximate surface area is 97.7 Å². The van der Waals surface area contributed by atoms with E-state index in [1.165, 1.54) is 10.9 Å². The van der Waals surface area contributed by atoms with Crippen molar-refractivity contribution in [1.29, 1.82) is 0 Å². The Morgan fingerprint density at radius 1 is 1.65 bits per heavy atom. The number of sulfone groups is 1. The highest BCUT2D eigenvalue weighted by atomic mass is 32.2. The van der Waals surface area contributed by atoms with Crippen LogP contribution >= 0.6 is 0 Å². The zero-order valence-electron chi connectivity index (χ0n) is 9.16. The molecule has 1 N–H and O–H groups in total. The van der Waals surface area contributed by atoms with Gasteiger partial charge in [-0.1, -0.05) is 0 Å². The molecule has 8 nitrogen and oxygen atoms in total. The molecule has 2 heterocycles. The van der Waals surface area contributed by atoms with Crippen molar-refractivity contribution in [2.45, 2.75) is 12.5 Å². The number of nitrogens with zero attached hydrogens (tertiary/aromatic N) is 3. The average Bonchev–Trinajstić information content (AvgIpc) is 2.72. The van der Waals surface area contributed by atoms with Gasteiger partial charge in [0.25, 0.3) is 0 Å². The highest BCUT2D eigenvalue weighted by molar-refractivity contribution is 7.91. The lowest BCUT2D eigenvalue weighted by Gasteiger charge is -2.11. The van der Waals surface area contributed by atoms with Crippen LogP contribution in [0.2, 0.25) is 0 Å². The molecule has 1 aliphatic heterocycles. The highest BCUT2D eigenvalue weighted by Gasteiger charge is 2.31. The topological polar surface area (TPSA) is 107 Å². The van der Waals surface area contributed by atoms with E-state index in [1.54, 1.807) is 7.05 Å². The second kappa shape index (κ2) is 3.99. The maximum atomic E-state index is 11.3. The molecule has 1 aliphatic rings. The molecule has 1 saturated heterocycles. The van der Waals surface area contributed by atoms with E-state index >= 15 is 0 Å². The third kappa shape index (κ3) is 2.38. The van der Waals surface area contributed by atoms with E-state index in [9.17, 15) is 18.5 Å². The predicted octanol–water partition coefficient (Wildman–Crippen LogP) is -0.0727. The molecule has 9 heteroatoms. The van der Waals surface area contributed by atoms with Crippen LogP contribution in [0.3, 0.4) is 0 Å². The first-order valence-corrected chi connectivity index (χ1v) is 6.84. The van der Waals surface area contributed by atoms with Crippen LogP contribution < -0.4 is 5.32 Å². The highest BCUT2D eigenvalue weighted by Crippen LogP contribution is 2.24. The van der Waals surface area contributed by atoms with Crippen LogP contribution in [0.25, 0.3) is 0 Å². The summed E-state index contributed by atoms with van der Waals surface area (Å²) < 4.78 is 24.0. The summed E-state index contributed by atoms with van der Waals surface area (Å²) in [5, 5.41) is 13.6. The lowest BCUT2D eigenvalue weighted by Crippen LogP contribution is -2.22. The second-order valence-electron chi connectivity index (χ2n) is 4.03. The molecule has 0 radical (unpaired) electrons. The van der Waals surface area contributed by atoms with E-state index in [0.717, 1.165) is 0 Å². The lowest BCUT2D eigenvalue weighted by atomic mass is 10.2. The van der Waals surface area contributed by atoms with E-state index in [-0.39, 0.29) is 29.2 Å². The molecule has 94 valence electrons.